The number of amides is 1. The lowest BCUT2D eigenvalue weighted by Gasteiger charge is -2.10. The number of hydrogen-bond donors (Lipinski definition) is 1. The van der Waals surface area contributed by atoms with Gasteiger partial charge in [-0.1, -0.05) is 18.2 Å². The highest BCUT2D eigenvalue weighted by Gasteiger charge is 2.19. The van der Waals surface area contributed by atoms with Crippen LogP contribution in [-0.2, 0) is 0 Å². The molecule has 4 rings (SSSR count). The van der Waals surface area contributed by atoms with E-state index in [4.69, 9.17) is 4.74 Å². The fraction of sp³-hybridized carbons (Fsp3) is 0.0476. The van der Waals surface area contributed by atoms with Crippen molar-refractivity contribution >= 4 is 17.4 Å². The molecule has 0 aliphatic rings. The SMILES string of the molecule is COc1ccccc1C(=O)Nc1c(-c2ccc(F)cc2)nc2ccccn12. The predicted molar refractivity (Wildman–Crippen MR) is 102 cm³/mol. The number of carbonyl (C=O) groups is 1. The summed E-state index contributed by atoms with van der Waals surface area (Å²) in [5.74, 6) is 0.337. The Hall–Kier alpha value is -3.67. The number of nitrogens with one attached hydrogen (secondary N) is 1. The Balaban J connectivity index is 1.81. The van der Waals surface area contributed by atoms with Crippen LogP contribution >= 0.6 is 0 Å². The first-order valence-corrected chi connectivity index (χ1v) is 8.35. The lowest BCUT2D eigenvalue weighted by atomic mass is 10.1. The van der Waals surface area contributed by atoms with E-state index in [-0.39, 0.29) is 11.7 Å². The van der Waals surface area contributed by atoms with Crippen LogP contribution in [0, 0.1) is 5.82 Å². The van der Waals surface area contributed by atoms with E-state index in [9.17, 15) is 9.18 Å². The molecule has 4 aromatic rings. The summed E-state index contributed by atoms with van der Waals surface area (Å²) in [6.07, 6.45) is 1.81. The Bertz CT molecular complexity index is 1120. The predicted octanol–water partition coefficient (Wildman–Crippen LogP) is 4.40. The van der Waals surface area contributed by atoms with Crippen LogP contribution in [0.5, 0.6) is 5.75 Å². The van der Waals surface area contributed by atoms with E-state index < -0.39 is 0 Å². The van der Waals surface area contributed by atoms with Gasteiger partial charge in [0.05, 0.1) is 12.7 Å². The zero-order valence-electron chi connectivity index (χ0n) is 14.5. The van der Waals surface area contributed by atoms with Crippen molar-refractivity contribution in [3.8, 4) is 17.0 Å². The summed E-state index contributed by atoms with van der Waals surface area (Å²) >= 11 is 0. The summed E-state index contributed by atoms with van der Waals surface area (Å²) in [6.45, 7) is 0. The molecule has 0 saturated heterocycles. The number of para-hydroxylation sites is 1. The molecule has 27 heavy (non-hydrogen) atoms. The zero-order valence-corrected chi connectivity index (χ0v) is 14.5. The van der Waals surface area contributed by atoms with Crippen molar-refractivity contribution < 1.29 is 13.9 Å². The van der Waals surface area contributed by atoms with E-state index in [1.54, 1.807) is 40.8 Å². The standard InChI is InChI=1S/C21H16FN3O2/c1-27-17-7-3-2-6-16(17)21(26)24-20-19(14-9-11-15(22)12-10-14)23-18-8-4-5-13-25(18)20/h2-13H,1H3,(H,24,26). The largest absolute Gasteiger partial charge is 0.496 e. The smallest absolute Gasteiger partial charge is 0.260 e. The topological polar surface area (TPSA) is 55.6 Å². The number of pyridine rings is 1. The number of hydrogen-bond acceptors (Lipinski definition) is 3. The first-order chi connectivity index (χ1) is 13.2. The van der Waals surface area contributed by atoms with Gasteiger partial charge in [0.15, 0.2) is 0 Å². The fourth-order valence-corrected chi connectivity index (χ4v) is 2.93. The maximum Gasteiger partial charge on any atom is 0.260 e. The molecule has 1 N–H and O–H groups in total. The Labute approximate surface area is 155 Å². The molecule has 2 aromatic heterocycles. The molecular weight excluding hydrogens is 345 g/mol. The molecule has 0 radical (unpaired) electrons. The lowest BCUT2D eigenvalue weighted by molar-refractivity contribution is 0.102. The van der Waals surface area contributed by atoms with E-state index in [1.807, 2.05) is 24.4 Å². The molecule has 0 aliphatic carbocycles. The van der Waals surface area contributed by atoms with Gasteiger partial charge in [-0.2, -0.15) is 0 Å². The van der Waals surface area contributed by atoms with Gasteiger partial charge in [-0.05, 0) is 48.5 Å². The van der Waals surface area contributed by atoms with E-state index in [0.717, 1.165) is 0 Å². The Morgan fingerprint density at radius 3 is 2.56 bits per heavy atom. The van der Waals surface area contributed by atoms with Crippen LogP contribution in [0.15, 0.2) is 72.9 Å². The summed E-state index contributed by atoms with van der Waals surface area (Å²) in [7, 11) is 1.52. The van der Waals surface area contributed by atoms with Crippen molar-refractivity contribution in [2.75, 3.05) is 12.4 Å². The highest BCUT2D eigenvalue weighted by molar-refractivity contribution is 6.07. The highest BCUT2D eigenvalue weighted by Crippen LogP contribution is 2.30. The molecule has 0 spiro atoms. The fourth-order valence-electron chi connectivity index (χ4n) is 2.93. The van der Waals surface area contributed by atoms with E-state index in [0.29, 0.717) is 34.0 Å². The van der Waals surface area contributed by atoms with Gasteiger partial charge in [-0.15, -0.1) is 0 Å². The number of ether oxygens (including phenoxy) is 1. The maximum absolute atomic E-state index is 13.3. The lowest BCUT2D eigenvalue weighted by Crippen LogP contribution is -2.15. The van der Waals surface area contributed by atoms with Crippen molar-refractivity contribution in [3.63, 3.8) is 0 Å². The number of nitrogens with zero attached hydrogens (tertiary/aromatic N) is 2. The third-order valence-electron chi connectivity index (χ3n) is 4.23. The van der Waals surface area contributed by atoms with E-state index in [1.165, 1.54) is 19.2 Å². The summed E-state index contributed by atoms with van der Waals surface area (Å²) < 4.78 is 20.4. The van der Waals surface area contributed by atoms with Crippen LogP contribution in [0.3, 0.4) is 0 Å². The number of rotatable bonds is 4. The van der Waals surface area contributed by atoms with Crippen LogP contribution in [0.1, 0.15) is 10.4 Å². The minimum Gasteiger partial charge on any atom is -0.496 e. The monoisotopic (exact) mass is 361 g/mol. The minimum atomic E-state index is -0.331. The summed E-state index contributed by atoms with van der Waals surface area (Å²) in [5.41, 5.74) is 2.35. The van der Waals surface area contributed by atoms with Crippen LogP contribution in [0.4, 0.5) is 10.2 Å². The van der Waals surface area contributed by atoms with Crippen molar-refractivity contribution in [3.05, 3.63) is 84.3 Å². The highest BCUT2D eigenvalue weighted by atomic mass is 19.1. The summed E-state index contributed by atoms with van der Waals surface area (Å²) in [5, 5.41) is 2.93. The molecule has 0 saturated carbocycles. The molecule has 0 fully saturated rings. The Kier molecular flexibility index (Phi) is 4.30. The number of aromatic nitrogens is 2. The van der Waals surface area contributed by atoms with Gasteiger partial charge in [0.25, 0.3) is 5.91 Å². The summed E-state index contributed by atoms with van der Waals surface area (Å²) in [6, 6.07) is 18.5. The molecule has 2 heterocycles. The van der Waals surface area contributed by atoms with Crippen LogP contribution in [0.25, 0.3) is 16.9 Å². The van der Waals surface area contributed by atoms with E-state index in [2.05, 4.69) is 10.3 Å². The van der Waals surface area contributed by atoms with Crippen molar-refractivity contribution in [1.82, 2.24) is 9.38 Å². The third-order valence-corrected chi connectivity index (χ3v) is 4.23. The van der Waals surface area contributed by atoms with Gasteiger partial charge >= 0.3 is 0 Å². The van der Waals surface area contributed by atoms with Crippen LogP contribution in [0.2, 0.25) is 0 Å². The molecule has 0 bridgehead atoms. The Morgan fingerprint density at radius 2 is 1.78 bits per heavy atom. The van der Waals surface area contributed by atoms with Crippen LogP contribution in [-0.4, -0.2) is 22.4 Å². The summed E-state index contributed by atoms with van der Waals surface area (Å²) in [4.78, 5) is 17.5. The normalized spacial score (nSPS) is 10.7. The first kappa shape index (κ1) is 16.8. The van der Waals surface area contributed by atoms with Gasteiger partial charge in [-0.3, -0.25) is 9.20 Å². The second-order valence-corrected chi connectivity index (χ2v) is 5.90. The minimum absolute atomic E-state index is 0.318. The number of fused-ring (bicyclic) bond motifs is 1. The molecule has 0 aliphatic heterocycles. The zero-order chi connectivity index (χ0) is 18.8. The van der Waals surface area contributed by atoms with Gasteiger partial charge in [0.2, 0.25) is 0 Å². The molecule has 1 amide bonds. The molecule has 2 aromatic carbocycles. The van der Waals surface area contributed by atoms with Crippen LogP contribution < -0.4 is 10.1 Å². The molecule has 0 atom stereocenters. The second kappa shape index (κ2) is 6.92. The van der Waals surface area contributed by atoms with Gasteiger partial charge in [0.1, 0.15) is 28.7 Å². The Morgan fingerprint density at radius 1 is 1.04 bits per heavy atom. The number of benzene rings is 2. The number of anilines is 1. The number of imidazole rings is 1. The molecular formula is C21H16FN3O2. The average Bonchev–Trinajstić information content (AvgIpc) is 3.07. The number of methoxy groups -OCH3 is 1. The van der Waals surface area contributed by atoms with Crippen molar-refractivity contribution in [1.29, 1.82) is 0 Å². The number of halogens is 1. The molecule has 0 unspecified atom stereocenters. The van der Waals surface area contributed by atoms with Crippen molar-refractivity contribution in [2.24, 2.45) is 0 Å². The van der Waals surface area contributed by atoms with Crippen molar-refractivity contribution in [2.45, 2.75) is 0 Å². The van der Waals surface area contributed by atoms with Gasteiger partial charge in [0, 0.05) is 11.8 Å². The molecule has 134 valence electrons. The van der Waals surface area contributed by atoms with Gasteiger partial charge < -0.3 is 10.1 Å². The second-order valence-electron chi connectivity index (χ2n) is 5.90. The molecule has 5 nitrogen and oxygen atoms in total. The third kappa shape index (κ3) is 3.13. The van der Waals surface area contributed by atoms with E-state index >= 15 is 0 Å². The number of carbonyl (C=O) groups excluding carboxylic acids is 1. The average molecular weight is 361 g/mol. The quantitative estimate of drug-likeness (QED) is 0.586. The van der Waals surface area contributed by atoms with Gasteiger partial charge in [-0.25, -0.2) is 9.37 Å². The maximum atomic E-state index is 13.3. The first-order valence-electron chi connectivity index (χ1n) is 8.35. The molecule has 6 heteroatoms.